The normalized spacial score (nSPS) is 11.9. The van der Waals surface area contributed by atoms with E-state index in [9.17, 15) is 14.4 Å². The quantitative estimate of drug-likeness (QED) is 0.360. The van der Waals surface area contributed by atoms with Crippen molar-refractivity contribution in [3.8, 4) is 5.75 Å². The van der Waals surface area contributed by atoms with Gasteiger partial charge in [0.05, 0.1) is 18.0 Å². The first-order valence-electron chi connectivity index (χ1n) is 12.4. The van der Waals surface area contributed by atoms with Gasteiger partial charge in [0.2, 0.25) is 11.8 Å². The summed E-state index contributed by atoms with van der Waals surface area (Å²) < 4.78 is 5.57. The van der Waals surface area contributed by atoms with Crippen molar-refractivity contribution in [2.45, 2.75) is 52.6 Å². The lowest BCUT2D eigenvalue weighted by Crippen LogP contribution is -2.52. The van der Waals surface area contributed by atoms with E-state index in [1.165, 1.54) is 16.2 Å². The van der Waals surface area contributed by atoms with Crippen LogP contribution < -0.4 is 20.3 Å². The molecule has 37 heavy (non-hydrogen) atoms. The zero-order valence-corrected chi connectivity index (χ0v) is 22.9. The number of amides is 3. The third-order valence-electron chi connectivity index (χ3n) is 6.08. The molecule has 0 unspecified atom stereocenters. The van der Waals surface area contributed by atoms with Crippen molar-refractivity contribution < 1.29 is 19.1 Å². The molecule has 196 valence electrons. The van der Waals surface area contributed by atoms with Crippen molar-refractivity contribution in [2.75, 3.05) is 18.1 Å². The summed E-state index contributed by atoms with van der Waals surface area (Å²) in [7, 11) is 0. The predicted octanol–water partition coefficient (Wildman–Crippen LogP) is 5.26. The lowest BCUT2D eigenvalue weighted by molar-refractivity contribution is -0.127. The molecule has 0 radical (unpaired) electrons. The Balaban J connectivity index is 2.03. The van der Waals surface area contributed by atoms with Crippen LogP contribution in [0.3, 0.4) is 0 Å². The fourth-order valence-corrected chi connectivity index (χ4v) is 4.34. The first kappa shape index (κ1) is 27.9. The Morgan fingerprint density at radius 1 is 1.00 bits per heavy atom. The highest BCUT2D eigenvalue weighted by Crippen LogP contribution is 2.30. The number of rotatable bonds is 11. The van der Waals surface area contributed by atoms with E-state index >= 15 is 0 Å². The minimum atomic E-state index is -0.949. The average Bonchev–Trinajstić information content (AvgIpc) is 3.42. The second kappa shape index (κ2) is 12.5. The highest BCUT2D eigenvalue weighted by Gasteiger charge is 2.35. The maximum Gasteiger partial charge on any atom is 0.261 e. The predicted molar refractivity (Wildman–Crippen MR) is 148 cm³/mol. The smallest absolute Gasteiger partial charge is 0.261 e. The number of ether oxygens (including phenoxy) is 1. The SMILES string of the molecule is CCOc1ccc(N(C(=O)CNC(=O)c2cccs2)[C@@H](C(=O)NC(C)(C)CC)c2ccc(C)cc2)cc1. The van der Waals surface area contributed by atoms with Gasteiger partial charge in [-0.2, -0.15) is 0 Å². The van der Waals surface area contributed by atoms with Gasteiger partial charge in [-0.25, -0.2) is 0 Å². The molecule has 1 heterocycles. The number of nitrogens with zero attached hydrogens (tertiary/aromatic N) is 1. The van der Waals surface area contributed by atoms with Crippen LogP contribution >= 0.6 is 11.3 Å². The first-order chi connectivity index (χ1) is 17.6. The van der Waals surface area contributed by atoms with Gasteiger partial charge in [0.25, 0.3) is 5.91 Å². The Hall–Kier alpha value is -3.65. The van der Waals surface area contributed by atoms with Crippen molar-refractivity contribution in [3.63, 3.8) is 0 Å². The summed E-state index contributed by atoms with van der Waals surface area (Å²) in [6.45, 7) is 10.00. The number of aryl methyl sites for hydroxylation is 1. The zero-order valence-electron chi connectivity index (χ0n) is 22.0. The molecule has 0 saturated carbocycles. The van der Waals surface area contributed by atoms with E-state index in [1.807, 2.05) is 58.9 Å². The van der Waals surface area contributed by atoms with Crippen molar-refractivity contribution in [1.82, 2.24) is 10.6 Å². The molecule has 7 nitrogen and oxygen atoms in total. The maximum absolute atomic E-state index is 13.8. The topological polar surface area (TPSA) is 87.7 Å². The van der Waals surface area contributed by atoms with Crippen LogP contribution in [0.15, 0.2) is 66.0 Å². The van der Waals surface area contributed by atoms with Gasteiger partial charge < -0.3 is 15.4 Å². The van der Waals surface area contributed by atoms with Gasteiger partial charge in [-0.1, -0.05) is 42.8 Å². The average molecular weight is 522 g/mol. The number of nitrogens with one attached hydrogen (secondary N) is 2. The van der Waals surface area contributed by atoms with Crippen molar-refractivity contribution in [1.29, 1.82) is 0 Å². The van der Waals surface area contributed by atoms with E-state index in [-0.39, 0.29) is 18.4 Å². The number of anilines is 1. The van der Waals surface area contributed by atoms with Gasteiger partial charge in [0, 0.05) is 11.2 Å². The third-order valence-corrected chi connectivity index (χ3v) is 6.95. The summed E-state index contributed by atoms with van der Waals surface area (Å²) in [6, 6.07) is 17.1. The standard InChI is InChI=1S/C29H35N3O4S/c1-6-29(4,5)31-28(35)26(21-12-10-20(3)11-13-21)32(22-14-16-23(17-15-22)36-7-2)25(33)19-30-27(34)24-9-8-18-37-24/h8-18,26H,6-7,19H2,1-5H3,(H,30,34)(H,31,35)/t26-/m1/s1. The van der Waals surface area contributed by atoms with Crippen molar-refractivity contribution in [2.24, 2.45) is 0 Å². The molecule has 0 aliphatic carbocycles. The minimum absolute atomic E-state index is 0.267. The number of hydrogen-bond donors (Lipinski definition) is 2. The molecular formula is C29H35N3O4S. The van der Waals surface area contributed by atoms with Gasteiger partial charge in [-0.15, -0.1) is 11.3 Å². The fraction of sp³-hybridized carbons (Fsp3) is 0.345. The summed E-state index contributed by atoms with van der Waals surface area (Å²) in [4.78, 5) is 42.1. The second-order valence-electron chi connectivity index (χ2n) is 9.39. The van der Waals surface area contributed by atoms with E-state index in [1.54, 1.807) is 41.8 Å². The Kier molecular flexibility index (Phi) is 9.47. The lowest BCUT2D eigenvalue weighted by atomic mass is 9.97. The molecule has 0 fully saturated rings. The monoisotopic (exact) mass is 521 g/mol. The number of carbonyl (C=O) groups is 3. The molecule has 0 aliphatic rings. The number of carbonyl (C=O) groups excluding carboxylic acids is 3. The molecule has 0 aliphatic heterocycles. The highest BCUT2D eigenvalue weighted by atomic mass is 32.1. The van der Waals surface area contributed by atoms with E-state index in [4.69, 9.17) is 4.74 Å². The minimum Gasteiger partial charge on any atom is -0.494 e. The van der Waals surface area contributed by atoms with Crippen LogP contribution in [0.2, 0.25) is 0 Å². The Morgan fingerprint density at radius 3 is 2.24 bits per heavy atom. The highest BCUT2D eigenvalue weighted by molar-refractivity contribution is 7.12. The van der Waals surface area contributed by atoms with Crippen LogP contribution in [0.5, 0.6) is 5.75 Å². The van der Waals surface area contributed by atoms with Gasteiger partial charge in [-0.05, 0) is 75.4 Å². The lowest BCUT2D eigenvalue weighted by Gasteiger charge is -2.34. The Labute approximate surface area is 222 Å². The van der Waals surface area contributed by atoms with Gasteiger partial charge in [0.1, 0.15) is 11.8 Å². The van der Waals surface area contributed by atoms with Crippen molar-refractivity contribution in [3.05, 3.63) is 82.0 Å². The molecule has 2 N–H and O–H groups in total. The van der Waals surface area contributed by atoms with Gasteiger partial charge in [0.15, 0.2) is 0 Å². The zero-order chi connectivity index (χ0) is 27.0. The molecule has 3 amide bonds. The second-order valence-corrected chi connectivity index (χ2v) is 10.3. The molecule has 3 rings (SSSR count). The number of thiophene rings is 1. The summed E-state index contributed by atoms with van der Waals surface area (Å²) in [5.74, 6) is -0.391. The molecule has 3 aromatic rings. The summed E-state index contributed by atoms with van der Waals surface area (Å²) in [5, 5.41) is 7.61. The number of hydrogen-bond acceptors (Lipinski definition) is 5. The Bertz CT molecular complexity index is 1190. The van der Waals surface area contributed by atoms with Gasteiger partial charge >= 0.3 is 0 Å². The van der Waals surface area contributed by atoms with E-state index in [2.05, 4.69) is 10.6 Å². The largest absolute Gasteiger partial charge is 0.494 e. The molecular weight excluding hydrogens is 486 g/mol. The molecule has 1 atom stereocenters. The molecule has 8 heteroatoms. The number of benzene rings is 2. The third kappa shape index (κ3) is 7.43. The van der Waals surface area contributed by atoms with Crippen LogP contribution in [-0.4, -0.2) is 36.4 Å². The van der Waals surface area contributed by atoms with Crippen molar-refractivity contribution >= 4 is 34.7 Å². The van der Waals surface area contributed by atoms with Crippen LogP contribution in [0.4, 0.5) is 5.69 Å². The maximum atomic E-state index is 13.8. The van der Waals surface area contributed by atoms with Crippen LogP contribution in [0, 0.1) is 6.92 Å². The van der Waals surface area contributed by atoms with Crippen LogP contribution in [-0.2, 0) is 9.59 Å². The fourth-order valence-electron chi connectivity index (χ4n) is 3.70. The van der Waals surface area contributed by atoms with Crippen LogP contribution in [0.1, 0.15) is 61.0 Å². The molecule has 0 bridgehead atoms. The Morgan fingerprint density at radius 2 is 1.68 bits per heavy atom. The van der Waals surface area contributed by atoms with E-state index < -0.39 is 17.5 Å². The van der Waals surface area contributed by atoms with E-state index in [0.717, 1.165) is 5.56 Å². The van der Waals surface area contributed by atoms with Gasteiger partial charge in [-0.3, -0.25) is 19.3 Å². The summed E-state index contributed by atoms with van der Waals surface area (Å²) >= 11 is 1.30. The van der Waals surface area contributed by atoms with Crippen LogP contribution in [0.25, 0.3) is 0 Å². The summed E-state index contributed by atoms with van der Waals surface area (Å²) in [6.07, 6.45) is 0.716. The molecule has 0 saturated heterocycles. The molecule has 0 spiro atoms. The summed E-state index contributed by atoms with van der Waals surface area (Å²) in [5.41, 5.74) is 1.76. The molecule has 2 aromatic carbocycles. The molecule has 1 aromatic heterocycles. The van der Waals surface area contributed by atoms with E-state index in [0.29, 0.717) is 34.9 Å². The first-order valence-corrected chi connectivity index (χ1v) is 13.3.